The third-order valence-corrected chi connectivity index (χ3v) is 3.02. The molecule has 6 nitrogen and oxygen atoms in total. The van der Waals surface area contributed by atoms with Gasteiger partial charge in [-0.15, -0.1) is 0 Å². The summed E-state index contributed by atoms with van der Waals surface area (Å²) in [6.07, 6.45) is 2.63. The van der Waals surface area contributed by atoms with Crippen molar-refractivity contribution in [3.63, 3.8) is 0 Å². The first kappa shape index (κ1) is 13.7. The predicted octanol–water partition coefficient (Wildman–Crippen LogP) is 2.09. The van der Waals surface area contributed by atoms with Crippen LogP contribution in [0.5, 0.6) is 0 Å². The van der Waals surface area contributed by atoms with Crippen molar-refractivity contribution in [2.45, 2.75) is 0 Å². The number of anilines is 1. The van der Waals surface area contributed by atoms with Gasteiger partial charge in [-0.05, 0) is 42.5 Å². The van der Waals surface area contributed by atoms with Crippen molar-refractivity contribution in [3.05, 3.63) is 59.8 Å². The Kier molecular flexibility index (Phi) is 3.30. The normalized spacial score (nSPS) is 17.0. The van der Waals surface area contributed by atoms with Crippen LogP contribution in [0.2, 0.25) is 0 Å². The van der Waals surface area contributed by atoms with Crippen LogP contribution < -0.4 is 10.2 Å². The monoisotopic (exact) mass is 300 g/mol. The lowest BCUT2D eigenvalue weighted by Crippen LogP contribution is -2.54. The van der Waals surface area contributed by atoms with Crippen LogP contribution in [0.25, 0.3) is 6.08 Å². The number of nitrogens with zero attached hydrogens (tertiary/aromatic N) is 1. The minimum Gasteiger partial charge on any atom is -0.465 e. The lowest BCUT2D eigenvalue weighted by Gasteiger charge is -2.26. The molecule has 0 spiro atoms. The number of hydrogen-bond acceptors (Lipinski definition) is 4. The van der Waals surface area contributed by atoms with Gasteiger partial charge in [-0.3, -0.25) is 14.9 Å². The van der Waals surface area contributed by atoms with Crippen LogP contribution in [0.15, 0.2) is 52.7 Å². The molecule has 1 aromatic carbocycles. The van der Waals surface area contributed by atoms with E-state index in [0.717, 1.165) is 17.0 Å². The van der Waals surface area contributed by atoms with Gasteiger partial charge in [0, 0.05) is 0 Å². The molecule has 1 aliphatic rings. The third kappa shape index (κ3) is 2.39. The molecule has 0 bridgehead atoms. The molecule has 0 saturated carbocycles. The van der Waals surface area contributed by atoms with E-state index < -0.39 is 23.7 Å². The molecule has 2 heterocycles. The number of rotatable bonds is 2. The van der Waals surface area contributed by atoms with E-state index in [1.165, 1.54) is 24.5 Å². The summed E-state index contributed by atoms with van der Waals surface area (Å²) in [5.41, 5.74) is -0.0966. The summed E-state index contributed by atoms with van der Waals surface area (Å²) in [5.74, 6) is -1.83. The Morgan fingerprint density at radius 3 is 2.45 bits per heavy atom. The lowest BCUT2D eigenvalue weighted by atomic mass is 10.1. The molecule has 2 aromatic rings. The standard InChI is InChI=1S/C15H9FN2O4/c16-9-3-5-10(6-4-9)18-14(20)12(13(19)17-15(18)21)8-11-2-1-7-22-11/h1-8H,(H,17,19,21)/b12-8-. The molecule has 110 valence electrons. The zero-order chi connectivity index (χ0) is 15.7. The largest absolute Gasteiger partial charge is 0.465 e. The molecule has 0 atom stereocenters. The van der Waals surface area contributed by atoms with E-state index in [-0.39, 0.29) is 11.3 Å². The van der Waals surface area contributed by atoms with E-state index in [4.69, 9.17) is 4.42 Å². The van der Waals surface area contributed by atoms with Gasteiger partial charge < -0.3 is 4.42 Å². The molecule has 0 unspecified atom stereocenters. The highest BCUT2D eigenvalue weighted by atomic mass is 19.1. The maximum Gasteiger partial charge on any atom is 0.335 e. The maximum absolute atomic E-state index is 13.0. The fourth-order valence-electron chi connectivity index (χ4n) is 2.00. The molecule has 0 radical (unpaired) electrons. The van der Waals surface area contributed by atoms with Crippen molar-refractivity contribution in [2.75, 3.05) is 4.90 Å². The number of halogens is 1. The van der Waals surface area contributed by atoms with E-state index in [1.54, 1.807) is 12.1 Å². The van der Waals surface area contributed by atoms with Crippen molar-refractivity contribution in [3.8, 4) is 0 Å². The van der Waals surface area contributed by atoms with E-state index in [1.807, 2.05) is 0 Å². The summed E-state index contributed by atoms with van der Waals surface area (Å²) in [7, 11) is 0. The van der Waals surface area contributed by atoms with Crippen LogP contribution >= 0.6 is 0 Å². The summed E-state index contributed by atoms with van der Waals surface area (Å²) in [6.45, 7) is 0. The molecule has 0 aliphatic carbocycles. The SMILES string of the molecule is O=C1NC(=O)N(c2ccc(F)cc2)C(=O)/C1=C\c1ccco1. The number of hydrogen-bond donors (Lipinski definition) is 1. The Morgan fingerprint density at radius 2 is 1.82 bits per heavy atom. The zero-order valence-electron chi connectivity index (χ0n) is 11.1. The number of furan rings is 1. The lowest BCUT2D eigenvalue weighted by molar-refractivity contribution is -0.122. The molecule has 1 aromatic heterocycles. The van der Waals surface area contributed by atoms with Crippen LogP contribution in [-0.4, -0.2) is 17.8 Å². The average Bonchev–Trinajstić information content (AvgIpc) is 2.98. The minimum absolute atomic E-state index is 0.154. The maximum atomic E-state index is 13.0. The second-order valence-corrected chi connectivity index (χ2v) is 4.45. The molecule has 22 heavy (non-hydrogen) atoms. The van der Waals surface area contributed by atoms with Crippen LogP contribution in [0.4, 0.5) is 14.9 Å². The minimum atomic E-state index is -0.891. The number of nitrogens with one attached hydrogen (secondary N) is 1. The number of amides is 4. The van der Waals surface area contributed by atoms with E-state index in [2.05, 4.69) is 5.32 Å². The Bertz CT molecular complexity index is 778. The Labute approximate surface area is 123 Å². The molecular weight excluding hydrogens is 291 g/mol. The summed E-state index contributed by atoms with van der Waals surface area (Å²) in [4.78, 5) is 36.9. The van der Waals surface area contributed by atoms with Crippen molar-refractivity contribution < 1.29 is 23.2 Å². The summed E-state index contributed by atoms with van der Waals surface area (Å²) in [6, 6.07) is 7.04. The van der Waals surface area contributed by atoms with Gasteiger partial charge in [0.25, 0.3) is 11.8 Å². The molecule has 1 fully saturated rings. The summed E-state index contributed by atoms with van der Waals surface area (Å²) in [5, 5.41) is 2.06. The summed E-state index contributed by atoms with van der Waals surface area (Å²) < 4.78 is 18.0. The third-order valence-electron chi connectivity index (χ3n) is 3.02. The number of benzene rings is 1. The average molecular weight is 300 g/mol. The Morgan fingerprint density at radius 1 is 1.09 bits per heavy atom. The van der Waals surface area contributed by atoms with E-state index in [0.29, 0.717) is 5.76 Å². The van der Waals surface area contributed by atoms with Crippen LogP contribution in [0.1, 0.15) is 5.76 Å². The number of urea groups is 1. The quantitative estimate of drug-likeness (QED) is 0.680. The zero-order valence-corrected chi connectivity index (χ0v) is 11.1. The van der Waals surface area contributed by atoms with Gasteiger partial charge in [0.05, 0.1) is 12.0 Å². The van der Waals surface area contributed by atoms with Crippen LogP contribution in [0.3, 0.4) is 0 Å². The van der Waals surface area contributed by atoms with Crippen LogP contribution in [0, 0.1) is 5.82 Å². The van der Waals surface area contributed by atoms with Gasteiger partial charge >= 0.3 is 6.03 Å². The smallest absolute Gasteiger partial charge is 0.335 e. The fraction of sp³-hybridized carbons (Fsp3) is 0. The second-order valence-electron chi connectivity index (χ2n) is 4.45. The van der Waals surface area contributed by atoms with E-state index >= 15 is 0 Å². The van der Waals surface area contributed by atoms with Gasteiger partial charge in [0.1, 0.15) is 17.2 Å². The van der Waals surface area contributed by atoms with Crippen LogP contribution in [-0.2, 0) is 9.59 Å². The fourth-order valence-corrected chi connectivity index (χ4v) is 2.00. The molecule has 4 amide bonds. The molecule has 3 rings (SSSR count). The highest BCUT2D eigenvalue weighted by Gasteiger charge is 2.36. The van der Waals surface area contributed by atoms with Crippen molar-refractivity contribution in [2.24, 2.45) is 0 Å². The first-order valence-electron chi connectivity index (χ1n) is 6.27. The number of carbonyl (C=O) groups is 3. The van der Waals surface area contributed by atoms with Gasteiger partial charge in [-0.25, -0.2) is 14.1 Å². The van der Waals surface area contributed by atoms with Gasteiger partial charge in [0.15, 0.2) is 0 Å². The van der Waals surface area contributed by atoms with Gasteiger partial charge in [0.2, 0.25) is 0 Å². The summed E-state index contributed by atoms with van der Waals surface area (Å²) >= 11 is 0. The topological polar surface area (TPSA) is 79.6 Å². The number of barbiturate groups is 1. The van der Waals surface area contributed by atoms with E-state index in [9.17, 15) is 18.8 Å². The first-order chi connectivity index (χ1) is 10.6. The van der Waals surface area contributed by atoms with Crippen molar-refractivity contribution >= 4 is 29.6 Å². The molecule has 1 aliphatic heterocycles. The molecule has 7 heteroatoms. The van der Waals surface area contributed by atoms with Gasteiger partial charge in [-0.1, -0.05) is 0 Å². The number of imide groups is 2. The number of carbonyl (C=O) groups excluding carboxylic acids is 3. The molecule has 1 N–H and O–H groups in total. The first-order valence-corrected chi connectivity index (χ1v) is 6.27. The Balaban J connectivity index is 2.01. The molecular formula is C15H9FN2O4. The highest BCUT2D eigenvalue weighted by molar-refractivity contribution is 6.39. The highest BCUT2D eigenvalue weighted by Crippen LogP contribution is 2.22. The Hall–Kier alpha value is -3.22. The van der Waals surface area contributed by atoms with Crippen molar-refractivity contribution in [1.82, 2.24) is 5.32 Å². The molecule has 1 saturated heterocycles. The predicted molar refractivity (Wildman–Crippen MR) is 74.1 cm³/mol. The van der Waals surface area contributed by atoms with Crippen molar-refractivity contribution in [1.29, 1.82) is 0 Å². The van der Waals surface area contributed by atoms with Gasteiger partial charge in [-0.2, -0.15) is 0 Å². The second kappa shape index (κ2) is 5.28.